The highest BCUT2D eigenvalue weighted by atomic mass is 35.5. The third-order valence-electron chi connectivity index (χ3n) is 4.97. The zero-order valence-electron chi connectivity index (χ0n) is 20.3. The Morgan fingerprint density at radius 2 is 1.84 bits per heavy atom. The number of carbonyl (C=O) groups excluding carboxylic acids is 2. The molecule has 2 heterocycles. The number of aromatic nitrogens is 4. The molecule has 0 atom stereocenters. The van der Waals surface area contributed by atoms with Gasteiger partial charge in [0.05, 0.1) is 32.2 Å². The first kappa shape index (κ1) is 27.2. The van der Waals surface area contributed by atoms with E-state index in [4.69, 9.17) is 25.8 Å². The lowest BCUT2D eigenvalue weighted by Crippen LogP contribution is -2.29. The average molecular weight is 575 g/mol. The maximum absolute atomic E-state index is 12.5. The summed E-state index contributed by atoms with van der Waals surface area (Å²) in [5.74, 6) is 1.50. The number of hydrogen-bond donors (Lipinski definition) is 2. The molecule has 0 unspecified atom stereocenters. The fraction of sp³-hybridized carbons (Fsp3) is 0.208. The second-order valence-corrected chi connectivity index (χ2v) is 9.74. The lowest BCUT2D eigenvalue weighted by Gasteiger charge is -2.15. The first-order valence-corrected chi connectivity index (χ1v) is 13.3. The molecule has 0 aliphatic carbocycles. The summed E-state index contributed by atoms with van der Waals surface area (Å²) in [6, 6.07) is 12.0. The number of halogens is 1. The molecule has 0 bridgehead atoms. The van der Waals surface area contributed by atoms with Crippen LogP contribution in [0.15, 0.2) is 59.2 Å². The van der Waals surface area contributed by atoms with Crippen molar-refractivity contribution in [2.24, 2.45) is 0 Å². The van der Waals surface area contributed by atoms with Crippen LogP contribution in [-0.4, -0.2) is 58.1 Å². The van der Waals surface area contributed by atoms with Crippen LogP contribution >= 0.6 is 34.7 Å². The molecular formula is C24H23ClN6O5S2. The highest BCUT2D eigenvalue weighted by Gasteiger charge is 2.20. The smallest absolute Gasteiger partial charge is 0.258 e. The summed E-state index contributed by atoms with van der Waals surface area (Å²) in [5.41, 5.74) is 0.585. The highest BCUT2D eigenvalue weighted by molar-refractivity contribution is 7.99. The van der Waals surface area contributed by atoms with Gasteiger partial charge in [0.25, 0.3) is 5.91 Å². The molecule has 2 N–H and O–H groups in total. The van der Waals surface area contributed by atoms with Crippen molar-refractivity contribution in [1.82, 2.24) is 25.1 Å². The van der Waals surface area contributed by atoms with Crippen molar-refractivity contribution < 1.29 is 23.8 Å². The van der Waals surface area contributed by atoms with Gasteiger partial charge in [0, 0.05) is 22.7 Å². The van der Waals surface area contributed by atoms with Gasteiger partial charge in [-0.2, -0.15) is 0 Å². The van der Waals surface area contributed by atoms with Crippen LogP contribution in [0.4, 0.5) is 5.13 Å². The van der Waals surface area contributed by atoms with E-state index in [-0.39, 0.29) is 30.7 Å². The van der Waals surface area contributed by atoms with Gasteiger partial charge in [-0.05, 0) is 36.4 Å². The third kappa shape index (κ3) is 7.15. The molecule has 2 aromatic heterocycles. The molecule has 0 aliphatic rings. The van der Waals surface area contributed by atoms with Crippen LogP contribution in [0, 0.1) is 0 Å². The van der Waals surface area contributed by atoms with Gasteiger partial charge >= 0.3 is 0 Å². The standard InChI is InChI=1S/C24H23ClN6O5S2/c1-34-17-7-8-19(35-2)18(11-17)31-20(12-27-21(32)13-36-16-5-3-15(25)4-6-16)29-30-24(31)38-14-22(33)28-23-26-9-10-37-23/h3-11H,12-14H2,1-2H3,(H,27,32)(H,26,28,33). The maximum atomic E-state index is 12.5. The van der Waals surface area contributed by atoms with Crippen molar-refractivity contribution in [2.75, 3.05) is 31.9 Å². The summed E-state index contributed by atoms with van der Waals surface area (Å²) in [7, 11) is 3.09. The van der Waals surface area contributed by atoms with E-state index in [2.05, 4.69) is 25.8 Å². The lowest BCUT2D eigenvalue weighted by atomic mass is 10.2. The molecule has 0 fully saturated rings. The SMILES string of the molecule is COc1ccc(OC)c(-n2c(CNC(=O)COc3ccc(Cl)cc3)nnc2SCC(=O)Nc2nccs2)c1. The Morgan fingerprint density at radius 1 is 1.05 bits per heavy atom. The normalized spacial score (nSPS) is 10.6. The minimum Gasteiger partial charge on any atom is -0.497 e. The number of thioether (sulfide) groups is 1. The van der Waals surface area contributed by atoms with Crippen molar-refractivity contribution in [3.05, 3.63) is 64.9 Å². The van der Waals surface area contributed by atoms with Crippen molar-refractivity contribution in [2.45, 2.75) is 11.7 Å². The van der Waals surface area contributed by atoms with Gasteiger partial charge in [-0.15, -0.1) is 21.5 Å². The van der Waals surface area contributed by atoms with Crippen molar-refractivity contribution in [3.8, 4) is 22.9 Å². The number of hydrogen-bond acceptors (Lipinski definition) is 10. The largest absolute Gasteiger partial charge is 0.497 e. The third-order valence-corrected chi connectivity index (χ3v) is 6.84. The van der Waals surface area contributed by atoms with Crippen LogP contribution in [-0.2, 0) is 16.1 Å². The van der Waals surface area contributed by atoms with Gasteiger partial charge in [0.2, 0.25) is 5.91 Å². The van der Waals surface area contributed by atoms with E-state index in [0.717, 1.165) is 0 Å². The molecule has 0 saturated heterocycles. The number of methoxy groups -OCH3 is 2. The lowest BCUT2D eigenvalue weighted by molar-refractivity contribution is -0.123. The van der Waals surface area contributed by atoms with Crippen LogP contribution in [0.1, 0.15) is 5.82 Å². The van der Waals surface area contributed by atoms with Crippen molar-refractivity contribution in [3.63, 3.8) is 0 Å². The van der Waals surface area contributed by atoms with Gasteiger partial charge in [0.15, 0.2) is 22.7 Å². The minimum absolute atomic E-state index is 0.0437. The number of anilines is 1. The fourth-order valence-corrected chi connectivity index (χ4v) is 4.64. The second kappa shape index (κ2) is 13.1. The van der Waals surface area contributed by atoms with Crippen LogP contribution in [0.5, 0.6) is 17.2 Å². The maximum Gasteiger partial charge on any atom is 0.258 e. The Hall–Kier alpha value is -3.81. The monoisotopic (exact) mass is 574 g/mol. The number of nitrogens with one attached hydrogen (secondary N) is 2. The number of amides is 2. The number of thiazole rings is 1. The topological polar surface area (TPSA) is 129 Å². The van der Waals surface area contributed by atoms with Gasteiger partial charge < -0.3 is 24.8 Å². The Kier molecular flexibility index (Phi) is 9.40. The Bertz CT molecular complexity index is 1380. The van der Waals surface area contributed by atoms with Gasteiger partial charge in [-0.1, -0.05) is 23.4 Å². The van der Waals surface area contributed by atoms with Crippen molar-refractivity contribution >= 4 is 51.6 Å². The Labute approximate surface area is 231 Å². The highest BCUT2D eigenvalue weighted by Crippen LogP contribution is 2.32. The van der Waals surface area contributed by atoms with E-state index >= 15 is 0 Å². The van der Waals surface area contributed by atoms with Crippen LogP contribution in [0.2, 0.25) is 5.02 Å². The molecule has 0 spiro atoms. The summed E-state index contributed by atoms with van der Waals surface area (Å²) in [6.07, 6.45) is 1.61. The van der Waals surface area contributed by atoms with Gasteiger partial charge in [-0.3, -0.25) is 14.2 Å². The molecule has 0 aliphatic heterocycles. The van der Waals surface area contributed by atoms with E-state index in [0.29, 0.717) is 44.1 Å². The van der Waals surface area contributed by atoms with Crippen molar-refractivity contribution in [1.29, 1.82) is 0 Å². The number of ether oxygens (including phenoxy) is 3. The first-order valence-electron chi connectivity index (χ1n) is 11.1. The number of rotatable bonds is 12. The minimum atomic E-state index is -0.357. The predicted molar refractivity (Wildman–Crippen MR) is 145 cm³/mol. The molecule has 14 heteroatoms. The molecule has 198 valence electrons. The zero-order chi connectivity index (χ0) is 26.9. The molecule has 4 rings (SSSR count). The quantitative estimate of drug-likeness (QED) is 0.242. The predicted octanol–water partition coefficient (Wildman–Crippen LogP) is 3.82. The molecule has 0 radical (unpaired) electrons. The zero-order valence-corrected chi connectivity index (χ0v) is 22.7. The average Bonchev–Trinajstić information content (AvgIpc) is 3.59. The second-order valence-electron chi connectivity index (χ2n) is 7.47. The van der Waals surface area contributed by atoms with Gasteiger partial charge in [-0.25, -0.2) is 4.98 Å². The van der Waals surface area contributed by atoms with E-state index in [1.54, 1.807) is 72.8 Å². The van der Waals surface area contributed by atoms with Gasteiger partial charge in [0.1, 0.15) is 17.2 Å². The fourth-order valence-electron chi connectivity index (χ4n) is 3.20. The number of carbonyl (C=O) groups is 2. The van der Waals surface area contributed by atoms with Crippen LogP contribution in [0.3, 0.4) is 0 Å². The molecule has 0 saturated carbocycles. The van der Waals surface area contributed by atoms with E-state index in [9.17, 15) is 9.59 Å². The van der Waals surface area contributed by atoms with Crippen LogP contribution < -0.4 is 24.8 Å². The molecular weight excluding hydrogens is 552 g/mol. The Morgan fingerprint density at radius 3 is 2.55 bits per heavy atom. The van der Waals surface area contributed by atoms with E-state index in [1.165, 1.54) is 23.1 Å². The van der Waals surface area contributed by atoms with Crippen LogP contribution in [0.25, 0.3) is 5.69 Å². The number of benzene rings is 2. The summed E-state index contributed by atoms with van der Waals surface area (Å²) in [6.45, 7) is -0.154. The summed E-state index contributed by atoms with van der Waals surface area (Å²) in [5, 5.41) is 17.3. The molecule has 2 amide bonds. The van der Waals surface area contributed by atoms with E-state index in [1.807, 2.05) is 0 Å². The summed E-state index contributed by atoms with van der Waals surface area (Å²) in [4.78, 5) is 29.0. The van der Waals surface area contributed by atoms with E-state index < -0.39 is 0 Å². The molecule has 38 heavy (non-hydrogen) atoms. The first-order chi connectivity index (χ1) is 18.5. The molecule has 2 aromatic carbocycles. The summed E-state index contributed by atoms with van der Waals surface area (Å²) < 4.78 is 18.2. The number of nitrogens with zero attached hydrogens (tertiary/aromatic N) is 4. The summed E-state index contributed by atoms with van der Waals surface area (Å²) >= 11 is 8.38. The molecule has 4 aromatic rings. The Balaban J connectivity index is 1.51. The molecule has 11 nitrogen and oxygen atoms in total.